The SMILES string of the molecule is CC(C)(C)C(Cl)(N=S(Cl)Cl)C(C)(C)C. The lowest BCUT2D eigenvalue weighted by Crippen LogP contribution is -2.46. The van der Waals surface area contributed by atoms with Crippen LogP contribution in [0.5, 0.6) is 0 Å². The van der Waals surface area contributed by atoms with Crippen LogP contribution in [-0.2, 0) is 9.12 Å². The van der Waals surface area contributed by atoms with Crippen LogP contribution in [0.15, 0.2) is 4.36 Å². The molecule has 0 saturated heterocycles. The van der Waals surface area contributed by atoms with E-state index >= 15 is 0 Å². The average molecular weight is 279 g/mol. The monoisotopic (exact) mass is 277 g/mol. The molecule has 86 valence electrons. The van der Waals surface area contributed by atoms with Crippen molar-refractivity contribution in [2.45, 2.75) is 46.5 Å². The maximum Gasteiger partial charge on any atom is 0.152 e. The molecule has 0 N–H and O–H groups in total. The Balaban J connectivity index is 5.41. The standard InChI is InChI=1S/C9H18Cl3NS/c1-7(2,3)9(10,8(4,5)6)13-14(11)12/h1-6H3. The molecule has 0 amide bonds. The van der Waals surface area contributed by atoms with Gasteiger partial charge in [0, 0.05) is 10.8 Å². The van der Waals surface area contributed by atoms with Crippen molar-refractivity contribution in [3.8, 4) is 0 Å². The molecule has 0 fully saturated rings. The van der Waals surface area contributed by atoms with E-state index < -0.39 is 14.1 Å². The second-order valence-corrected chi connectivity index (χ2v) is 8.76. The van der Waals surface area contributed by atoms with Gasteiger partial charge in [0.2, 0.25) is 0 Å². The van der Waals surface area contributed by atoms with Crippen LogP contribution in [0.3, 0.4) is 0 Å². The van der Waals surface area contributed by atoms with E-state index in [-0.39, 0.29) is 10.8 Å². The van der Waals surface area contributed by atoms with Gasteiger partial charge in [0.25, 0.3) is 0 Å². The first kappa shape index (κ1) is 15.0. The lowest BCUT2D eigenvalue weighted by atomic mass is 9.72. The molecule has 0 aliphatic carbocycles. The third kappa shape index (κ3) is 3.26. The van der Waals surface area contributed by atoms with Crippen LogP contribution < -0.4 is 0 Å². The molecule has 0 saturated carbocycles. The van der Waals surface area contributed by atoms with E-state index in [9.17, 15) is 0 Å². The van der Waals surface area contributed by atoms with Gasteiger partial charge < -0.3 is 0 Å². The Kier molecular flexibility index (Phi) is 4.81. The maximum atomic E-state index is 6.56. The lowest BCUT2D eigenvalue weighted by Gasteiger charge is -2.45. The number of hydrogen-bond donors (Lipinski definition) is 0. The summed E-state index contributed by atoms with van der Waals surface area (Å²) in [5.74, 6) is 0. The number of nitrogens with zero attached hydrogens (tertiary/aromatic N) is 1. The summed E-state index contributed by atoms with van der Waals surface area (Å²) in [5, 5.41) is 0. The van der Waals surface area contributed by atoms with E-state index in [0.717, 1.165) is 0 Å². The Labute approximate surface area is 104 Å². The summed E-state index contributed by atoms with van der Waals surface area (Å²) in [6.07, 6.45) is 0. The Morgan fingerprint density at radius 2 is 1.14 bits per heavy atom. The van der Waals surface area contributed by atoms with Crippen molar-refractivity contribution < 1.29 is 0 Å². The third-order valence-corrected chi connectivity index (χ3v) is 4.33. The molecule has 0 unspecified atom stereocenters. The molecule has 1 nitrogen and oxygen atoms in total. The highest BCUT2D eigenvalue weighted by Crippen LogP contribution is 2.50. The van der Waals surface area contributed by atoms with Gasteiger partial charge in [-0.3, -0.25) is 0 Å². The highest BCUT2D eigenvalue weighted by Gasteiger charge is 2.49. The first-order chi connectivity index (χ1) is 5.92. The third-order valence-electron chi connectivity index (χ3n) is 2.18. The molecule has 0 bridgehead atoms. The molecular formula is C9H18Cl3NS. The highest BCUT2D eigenvalue weighted by molar-refractivity contribution is 8.28. The van der Waals surface area contributed by atoms with Gasteiger partial charge in [-0.05, 0) is 21.4 Å². The van der Waals surface area contributed by atoms with Crippen LogP contribution in [0.4, 0.5) is 0 Å². The summed E-state index contributed by atoms with van der Waals surface area (Å²) in [6.45, 7) is 12.2. The summed E-state index contributed by atoms with van der Waals surface area (Å²) in [5.41, 5.74) is -0.385. The summed E-state index contributed by atoms with van der Waals surface area (Å²) >= 11 is 6.56. The first-order valence-electron chi connectivity index (χ1n) is 4.40. The van der Waals surface area contributed by atoms with Crippen LogP contribution in [-0.4, -0.2) is 5.00 Å². The molecular weight excluding hydrogens is 261 g/mol. The molecule has 0 radical (unpaired) electrons. The van der Waals surface area contributed by atoms with E-state index in [1.165, 1.54) is 0 Å². The number of alkyl halides is 1. The van der Waals surface area contributed by atoms with Crippen molar-refractivity contribution in [2.24, 2.45) is 15.2 Å². The fourth-order valence-corrected chi connectivity index (χ4v) is 3.27. The van der Waals surface area contributed by atoms with Crippen LogP contribution >= 0.6 is 33.0 Å². The predicted octanol–water partition coefficient (Wildman–Crippen LogP) is 5.12. The van der Waals surface area contributed by atoms with E-state index in [1.54, 1.807) is 0 Å². The van der Waals surface area contributed by atoms with Crippen molar-refractivity contribution in [2.75, 3.05) is 0 Å². The number of rotatable bonds is 1. The fourth-order valence-electron chi connectivity index (χ4n) is 1.49. The van der Waals surface area contributed by atoms with Gasteiger partial charge in [0.1, 0.15) is 0 Å². The van der Waals surface area contributed by atoms with Crippen molar-refractivity contribution in [3.05, 3.63) is 0 Å². The summed E-state index contributed by atoms with van der Waals surface area (Å²) < 4.78 is 4.28. The van der Waals surface area contributed by atoms with Gasteiger partial charge >= 0.3 is 0 Å². The maximum absolute atomic E-state index is 6.56. The zero-order valence-corrected chi connectivity index (χ0v) is 12.6. The van der Waals surface area contributed by atoms with Gasteiger partial charge in [-0.2, -0.15) is 0 Å². The topological polar surface area (TPSA) is 12.4 Å². The van der Waals surface area contributed by atoms with E-state index in [1.807, 2.05) is 41.5 Å². The molecule has 14 heavy (non-hydrogen) atoms. The molecule has 0 heterocycles. The van der Waals surface area contributed by atoms with Crippen molar-refractivity contribution in [1.82, 2.24) is 0 Å². The van der Waals surface area contributed by atoms with E-state index in [2.05, 4.69) is 4.36 Å². The zero-order valence-electron chi connectivity index (χ0n) is 9.49. The highest BCUT2D eigenvalue weighted by atomic mass is 36.0. The molecule has 0 aromatic rings. The molecule has 0 aliphatic heterocycles. The average Bonchev–Trinajstić information content (AvgIpc) is 1.79. The molecule has 5 heteroatoms. The van der Waals surface area contributed by atoms with Crippen LogP contribution in [0.25, 0.3) is 0 Å². The van der Waals surface area contributed by atoms with Crippen LogP contribution in [0, 0.1) is 10.8 Å². The van der Waals surface area contributed by atoms with Gasteiger partial charge in [0.05, 0.1) is 9.12 Å². The molecule has 0 rings (SSSR count). The smallest absolute Gasteiger partial charge is 0.152 e. The largest absolute Gasteiger partial charge is 0.211 e. The fraction of sp³-hybridized carbons (Fsp3) is 1.00. The Morgan fingerprint density at radius 3 is 1.21 bits per heavy atom. The van der Waals surface area contributed by atoms with Crippen LogP contribution in [0.2, 0.25) is 0 Å². The lowest BCUT2D eigenvalue weighted by molar-refractivity contribution is 0.144. The van der Waals surface area contributed by atoms with E-state index in [4.69, 9.17) is 33.0 Å². The van der Waals surface area contributed by atoms with Gasteiger partial charge in [-0.1, -0.05) is 53.1 Å². The van der Waals surface area contributed by atoms with Gasteiger partial charge in [-0.25, -0.2) is 4.36 Å². The first-order valence-corrected chi connectivity index (χ1v) is 7.62. The normalized spacial score (nSPS) is 14.7. The minimum absolute atomic E-state index is 0.193. The Morgan fingerprint density at radius 1 is 0.857 bits per heavy atom. The number of halogens is 3. The predicted molar refractivity (Wildman–Crippen MR) is 69.0 cm³/mol. The summed E-state index contributed by atoms with van der Waals surface area (Å²) in [4.78, 5) is -0.757. The summed E-state index contributed by atoms with van der Waals surface area (Å²) in [7, 11) is 10.4. The van der Waals surface area contributed by atoms with E-state index in [0.29, 0.717) is 0 Å². The van der Waals surface area contributed by atoms with Crippen molar-refractivity contribution >= 4 is 42.1 Å². The molecule has 0 spiro atoms. The van der Waals surface area contributed by atoms with Gasteiger partial charge in [0.15, 0.2) is 5.00 Å². The Hall–Kier alpha value is 1.02. The Bertz CT molecular complexity index is 219. The van der Waals surface area contributed by atoms with Crippen molar-refractivity contribution in [3.63, 3.8) is 0 Å². The second-order valence-electron chi connectivity index (χ2n) is 5.41. The molecule has 0 atom stereocenters. The minimum atomic E-state index is -1.04. The van der Waals surface area contributed by atoms with Crippen LogP contribution in [0.1, 0.15) is 41.5 Å². The molecule has 0 aromatic heterocycles. The molecule has 0 aromatic carbocycles. The van der Waals surface area contributed by atoms with Crippen molar-refractivity contribution in [1.29, 1.82) is 0 Å². The second kappa shape index (κ2) is 4.48. The van der Waals surface area contributed by atoms with Gasteiger partial charge in [-0.15, -0.1) is 0 Å². The quantitative estimate of drug-likeness (QED) is 0.466. The molecule has 0 aliphatic rings. The summed E-state index contributed by atoms with van der Waals surface area (Å²) in [6, 6.07) is 0. The minimum Gasteiger partial charge on any atom is -0.211 e. The number of hydrogen-bond acceptors (Lipinski definition) is 1. The zero-order chi connectivity index (χ0) is 11.8.